The molecule has 1 rings (SSSR count). The van der Waals surface area contributed by atoms with Gasteiger partial charge in [0, 0.05) is 12.0 Å². The first kappa shape index (κ1) is 22.6. The Hall–Kier alpha value is -2.42. The molecule has 0 heterocycles. The third-order valence-electron chi connectivity index (χ3n) is 4.86. The minimum absolute atomic E-state index is 0.0406. The summed E-state index contributed by atoms with van der Waals surface area (Å²) in [5.74, 6) is -0.0862. The number of Topliss-reactive ketones (excluding diaryl/α,β-unsaturated/α-hetero) is 1. The molecule has 0 aromatic heterocycles. The van der Waals surface area contributed by atoms with Gasteiger partial charge in [-0.25, -0.2) is 4.79 Å². The molecule has 0 fully saturated rings. The summed E-state index contributed by atoms with van der Waals surface area (Å²) in [5, 5.41) is 0. The first-order valence-electron chi connectivity index (χ1n) is 9.28. The molecule has 0 saturated heterocycles. The molecule has 0 N–H and O–H groups in total. The topological polar surface area (TPSA) is 43.4 Å². The Morgan fingerprint density at radius 2 is 1.93 bits per heavy atom. The van der Waals surface area contributed by atoms with Crippen molar-refractivity contribution in [3.63, 3.8) is 0 Å². The summed E-state index contributed by atoms with van der Waals surface area (Å²) < 4.78 is 4.60. The quantitative estimate of drug-likeness (QED) is 0.252. The standard InChI is InChI=1S/C24H32O3/c1-8-10-20-16-24(5,6)21(19(4)23(20)26)14-13-17(2)11-9-12-18(3)15-22(25)27-7/h8-9,11-15,20H,1,10,16H2,2-7H3/b12-9+,14-13+,17-11+,18-15+. The normalized spacial score (nSPS) is 21.3. The lowest BCUT2D eigenvalue weighted by molar-refractivity contribution is -0.134. The minimum Gasteiger partial charge on any atom is -0.466 e. The second kappa shape index (κ2) is 10.1. The predicted octanol–water partition coefficient (Wildman–Crippen LogP) is 5.67. The van der Waals surface area contributed by atoms with Crippen LogP contribution >= 0.6 is 0 Å². The van der Waals surface area contributed by atoms with Crippen LogP contribution in [-0.2, 0) is 14.3 Å². The number of hydrogen-bond donors (Lipinski definition) is 0. The highest BCUT2D eigenvalue weighted by atomic mass is 16.5. The van der Waals surface area contributed by atoms with Crippen molar-refractivity contribution in [3.8, 4) is 0 Å². The Morgan fingerprint density at radius 3 is 2.52 bits per heavy atom. The molecule has 1 aliphatic carbocycles. The van der Waals surface area contributed by atoms with Gasteiger partial charge in [-0.1, -0.05) is 55.9 Å². The van der Waals surface area contributed by atoms with Crippen molar-refractivity contribution in [2.45, 2.75) is 47.5 Å². The molecule has 0 aromatic carbocycles. The van der Waals surface area contributed by atoms with Crippen LogP contribution in [0.5, 0.6) is 0 Å². The Kier molecular flexibility index (Phi) is 8.42. The van der Waals surface area contributed by atoms with Crippen LogP contribution in [0.2, 0.25) is 0 Å². The predicted molar refractivity (Wildman–Crippen MR) is 112 cm³/mol. The van der Waals surface area contributed by atoms with E-state index >= 15 is 0 Å². The summed E-state index contributed by atoms with van der Waals surface area (Å²) in [6, 6.07) is 0. The lowest BCUT2D eigenvalue weighted by atomic mass is 9.67. The van der Waals surface area contributed by atoms with Crippen molar-refractivity contribution < 1.29 is 14.3 Å². The molecule has 0 radical (unpaired) electrons. The fraction of sp³-hybridized carbons (Fsp3) is 0.417. The van der Waals surface area contributed by atoms with Crippen LogP contribution in [0.4, 0.5) is 0 Å². The number of ether oxygens (including phenoxy) is 1. The Morgan fingerprint density at radius 1 is 1.26 bits per heavy atom. The average Bonchev–Trinajstić information content (AvgIpc) is 2.59. The molecule has 1 unspecified atom stereocenters. The van der Waals surface area contributed by atoms with Gasteiger partial charge in [0.15, 0.2) is 5.78 Å². The molecular formula is C24H32O3. The van der Waals surface area contributed by atoms with E-state index in [-0.39, 0.29) is 23.1 Å². The molecule has 0 aliphatic heterocycles. The van der Waals surface area contributed by atoms with Gasteiger partial charge in [-0.05, 0) is 55.7 Å². The smallest absolute Gasteiger partial charge is 0.330 e. The van der Waals surface area contributed by atoms with Crippen LogP contribution in [0, 0.1) is 11.3 Å². The molecule has 0 aromatic rings. The van der Waals surface area contributed by atoms with E-state index in [0.717, 1.165) is 35.1 Å². The van der Waals surface area contributed by atoms with Crippen LogP contribution in [0.3, 0.4) is 0 Å². The number of carbonyl (C=O) groups is 2. The van der Waals surface area contributed by atoms with E-state index in [1.54, 1.807) is 0 Å². The number of hydrogen-bond acceptors (Lipinski definition) is 3. The molecule has 27 heavy (non-hydrogen) atoms. The van der Waals surface area contributed by atoms with Gasteiger partial charge in [0.25, 0.3) is 0 Å². The summed E-state index contributed by atoms with van der Waals surface area (Å²) in [4.78, 5) is 23.8. The number of esters is 1. The van der Waals surface area contributed by atoms with Crippen molar-refractivity contribution in [1.29, 1.82) is 0 Å². The molecule has 3 heteroatoms. The van der Waals surface area contributed by atoms with E-state index in [1.165, 1.54) is 13.2 Å². The number of rotatable bonds is 7. The van der Waals surface area contributed by atoms with Gasteiger partial charge >= 0.3 is 5.97 Å². The maximum absolute atomic E-state index is 12.6. The van der Waals surface area contributed by atoms with Crippen molar-refractivity contribution in [2.75, 3.05) is 7.11 Å². The monoisotopic (exact) mass is 368 g/mol. The average molecular weight is 369 g/mol. The van der Waals surface area contributed by atoms with Gasteiger partial charge in [0.05, 0.1) is 7.11 Å². The zero-order valence-corrected chi connectivity index (χ0v) is 17.5. The first-order chi connectivity index (χ1) is 12.6. The second-order valence-corrected chi connectivity index (χ2v) is 7.73. The largest absolute Gasteiger partial charge is 0.466 e. The molecule has 1 atom stereocenters. The molecule has 0 spiro atoms. The van der Waals surface area contributed by atoms with Crippen LogP contribution in [0.15, 0.2) is 71.4 Å². The lowest BCUT2D eigenvalue weighted by Crippen LogP contribution is -2.32. The van der Waals surface area contributed by atoms with E-state index in [1.807, 2.05) is 51.2 Å². The van der Waals surface area contributed by atoms with Crippen LogP contribution in [0.1, 0.15) is 47.5 Å². The van der Waals surface area contributed by atoms with Gasteiger partial charge in [0.1, 0.15) is 0 Å². The molecule has 3 nitrogen and oxygen atoms in total. The van der Waals surface area contributed by atoms with Gasteiger partial charge in [0.2, 0.25) is 0 Å². The lowest BCUT2D eigenvalue weighted by Gasteiger charge is -2.36. The van der Waals surface area contributed by atoms with Crippen molar-refractivity contribution in [3.05, 3.63) is 71.4 Å². The van der Waals surface area contributed by atoms with Gasteiger partial charge < -0.3 is 4.74 Å². The minimum atomic E-state index is -0.362. The Balaban J connectivity index is 2.96. The van der Waals surface area contributed by atoms with Crippen molar-refractivity contribution in [2.24, 2.45) is 11.3 Å². The first-order valence-corrected chi connectivity index (χ1v) is 9.28. The van der Waals surface area contributed by atoms with Gasteiger partial charge in [-0.3, -0.25) is 4.79 Å². The van der Waals surface area contributed by atoms with Gasteiger partial charge in [-0.2, -0.15) is 0 Å². The van der Waals surface area contributed by atoms with Gasteiger partial charge in [-0.15, -0.1) is 6.58 Å². The van der Waals surface area contributed by atoms with Crippen LogP contribution in [0.25, 0.3) is 0 Å². The molecule has 0 amide bonds. The highest BCUT2D eigenvalue weighted by Crippen LogP contribution is 2.43. The van der Waals surface area contributed by atoms with Crippen molar-refractivity contribution >= 4 is 11.8 Å². The highest BCUT2D eigenvalue weighted by Gasteiger charge is 2.36. The molecule has 1 aliphatic rings. The number of methoxy groups -OCH3 is 1. The summed E-state index contributed by atoms with van der Waals surface area (Å²) in [6.45, 7) is 13.9. The molecule has 146 valence electrons. The second-order valence-electron chi connectivity index (χ2n) is 7.73. The summed E-state index contributed by atoms with van der Waals surface area (Å²) in [7, 11) is 1.36. The Labute approximate surface area is 163 Å². The van der Waals surface area contributed by atoms with Crippen LogP contribution in [-0.4, -0.2) is 18.9 Å². The number of carbonyl (C=O) groups excluding carboxylic acids is 2. The zero-order chi connectivity index (χ0) is 20.6. The van der Waals surface area contributed by atoms with Crippen LogP contribution < -0.4 is 0 Å². The number of allylic oxidation sites excluding steroid dienone is 10. The number of ketones is 1. The van der Waals surface area contributed by atoms with E-state index in [0.29, 0.717) is 0 Å². The van der Waals surface area contributed by atoms with Crippen molar-refractivity contribution in [1.82, 2.24) is 0 Å². The van der Waals surface area contributed by atoms with E-state index in [4.69, 9.17) is 0 Å². The molecule has 0 saturated carbocycles. The Bertz CT molecular complexity index is 740. The zero-order valence-electron chi connectivity index (χ0n) is 17.5. The fourth-order valence-electron chi connectivity index (χ4n) is 3.42. The maximum Gasteiger partial charge on any atom is 0.330 e. The third-order valence-corrected chi connectivity index (χ3v) is 4.86. The van der Waals surface area contributed by atoms with E-state index < -0.39 is 0 Å². The summed E-state index contributed by atoms with van der Waals surface area (Å²) >= 11 is 0. The maximum atomic E-state index is 12.6. The fourth-order valence-corrected chi connectivity index (χ4v) is 3.42. The molecular weight excluding hydrogens is 336 g/mol. The summed E-state index contributed by atoms with van der Waals surface area (Å²) in [5.41, 5.74) is 3.80. The third kappa shape index (κ3) is 6.67. The SMILES string of the molecule is C=CCC1CC(C)(C)C(/C=C/C(C)=C/C=C/C(C)=C/C(=O)OC)=C(C)C1=O. The molecule has 0 bridgehead atoms. The highest BCUT2D eigenvalue weighted by molar-refractivity contribution is 5.99. The van der Waals surface area contributed by atoms with E-state index in [9.17, 15) is 9.59 Å². The van der Waals surface area contributed by atoms with E-state index in [2.05, 4.69) is 31.2 Å². The summed E-state index contributed by atoms with van der Waals surface area (Å²) in [6.07, 6.45) is 14.7.